The van der Waals surface area contributed by atoms with Crippen LogP contribution in [0.5, 0.6) is 5.75 Å². The molecule has 0 saturated carbocycles. The second-order valence-electron chi connectivity index (χ2n) is 7.12. The summed E-state index contributed by atoms with van der Waals surface area (Å²) in [4.78, 5) is 28.8. The number of benzene rings is 3. The number of aromatic nitrogens is 1. The molecule has 0 fully saturated rings. The SMILES string of the molecule is CC.CCOC(=O)c1c(-c2ccc(-c3ccc(OC(F)(F)F)cc3)cc2)[nH]c2ccccc2c1=O. The van der Waals surface area contributed by atoms with Crippen molar-refractivity contribution in [3.63, 3.8) is 0 Å². The van der Waals surface area contributed by atoms with Crippen LogP contribution in [0.3, 0.4) is 0 Å². The maximum atomic E-state index is 13.0. The molecular formula is C27H24F3NO4. The van der Waals surface area contributed by atoms with Gasteiger partial charge >= 0.3 is 12.3 Å². The van der Waals surface area contributed by atoms with Crippen LogP contribution >= 0.6 is 0 Å². The number of aromatic amines is 1. The van der Waals surface area contributed by atoms with E-state index in [4.69, 9.17) is 4.74 Å². The number of hydrogen-bond acceptors (Lipinski definition) is 4. The van der Waals surface area contributed by atoms with E-state index in [1.165, 1.54) is 24.3 Å². The summed E-state index contributed by atoms with van der Waals surface area (Å²) in [5.41, 5.74) is 2.39. The Bertz CT molecular complexity index is 1360. The fourth-order valence-electron chi connectivity index (χ4n) is 3.53. The molecule has 0 spiro atoms. The van der Waals surface area contributed by atoms with Crippen molar-refractivity contribution in [3.8, 4) is 28.1 Å². The maximum absolute atomic E-state index is 13.0. The average molecular weight is 483 g/mol. The van der Waals surface area contributed by atoms with Crippen molar-refractivity contribution in [1.82, 2.24) is 4.98 Å². The van der Waals surface area contributed by atoms with Gasteiger partial charge in [0.05, 0.1) is 12.3 Å². The summed E-state index contributed by atoms with van der Waals surface area (Å²) < 4.78 is 46.1. The highest BCUT2D eigenvalue weighted by atomic mass is 19.4. The average Bonchev–Trinajstić information content (AvgIpc) is 2.85. The Hall–Kier alpha value is -4.07. The van der Waals surface area contributed by atoms with E-state index in [1.807, 2.05) is 13.8 Å². The maximum Gasteiger partial charge on any atom is 0.573 e. The van der Waals surface area contributed by atoms with E-state index in [-0.39, 0.29) is 17.9 Å². The van der Waals surface area contributed by atoms with Crippen LogP contribution in [-0.4, -0.2) is 23.9 Å². The molecule has 0 aliphatic heterocycles. The molecule has 4 rings (SSSR count). The largest absolute Gasteiger partial charge is 0.573 e. The van der Waals surface area contributed by atoms with Gasteiger partial charge in [0, 0.05) is 10.9 Å². The fourth-order valence-corrected chi connectivity index (χ4v) is 3.53. The minimum atomic E-state index is -4.75. The number of carbonyl (C=O) groups excluding carboxylic acids is 1. The van der Waals surface area contributed by atoms with Crippen LogP contribution in [0.25, 0.3) is 33.3 Å². The van der Waals surface area contributed by atoms with Gasteiger partial charge < -0.3 is 14.5 Å². The van der Waals surface area contributed by atoms with Crippen molar-refractivity contribution in [2.75, 3.05) is 6.61 Å². The van der Waals surface area contributed by atoms with Gasteiger partial charge in [-0.1, -0.05) is 62.4 Å². The predicted octanol–water partition coefficient (Wildman–Crippen LogP) is 6.96. The lowest BCUT2D eigenvalue weighted by molar-refractivity contribution is -0.274. The molecule has 0 saturated heterocycles. The number of hydrogen-bond donors (Lipinski definition) is 1. The van der Waals surface area contributed by atoms with E-state index in [0.29, 0.717) is 27.7 Å². The Kier molecular flexibility index (Phi) is 7.96. The molecule has 1 N–H and O–H groups in total. The van der Waals surface area contributed by atoms with E-state index in [2.05, 4.69) is 9.72 Å². The third-order valence-electron chi connectivity index (χ3n) is 4.98. The predicted molar refractivity (Wildman–Crippen MR) is 129 cm³/mol. The van der Waals surface area contributed by atoms with E-state index in [9.17, 15) is 22.8 Å². The zero-order valence-electron chi connectivity index (χ0n) is 19.4. The van der Waals surface area contributed by atoms with Gasteiger partial charge in [0.15, 0.2) is 0 Å². The van der Waals surface area contributed by atoms with Gasteiger partial charge in [-0.2, -0.15) is 0 Å². The Morgan fingerprint density at radius 2 is 1.40 bits per heavy atom. The van der Waals surface area contributed by atoms with Gasteiger partial charge in [0.25, 0.3) is 0 Å². The number of esters is 1. The van der Waals surface area contributed by atoms with E-state index >= 15 is 0 Å². The minimum Gasteiger partial charge on any atom is -0.462 e. The number of fused-ring (bicyclic) bond motifs is 1. The summed E-state index contributed by atoms with van der Waals surface area (Å²) in [7, 11) is 0. The molecule has 0 unspecified atom stereocenters. The van der Waals surface area contributed by atoms with Crippen molar-refractivity contribution in [1.29, 1.82) is 0 Å². The van der Waals surface area contributed by atoms with E-state index in [1.54, 1.807) is 55.5 Å². The van der Waals surface area contributed by atoms with Crippen LogP contribution in [-0.2, 0) is 4.74 Å². The Labute approximate surface area is 200 Å². The number of alkyl halides is 3. The lowest BCUT2D eigenvalue weighted by Crippen LogP contribution is -2.20. The summed E-state index contributed by atoms with van der Waals surface area (Å²) in [6, 6.07) is 19.3. The van der Waals surface area contributed by atoms with Gasteiger partial charge in [0.2, 0.25) is 5.43 Å². The van der Waals surface area contributed by atoms with Crippen LogP contribution in [0.4, 0.5) is 13.2 Å². The highest BCUT2D eigenvalue weighted by Gasteiger charge is 2.31. The monoisotopic (exact) mass is 483 g/mol. The zero-order chi connectivity index (χ0) is 25.6. The molecule has 8 heteroatoms. The quantitative estimate of drug-likeness (QED) is 0.312. The first kappa shape index (κ1) is 25.6. The number of ether oxygens (including phenoxy) is 2. The molecular weight excluding hydrogens is 459 g/mol. The number of halogens is 3. The second-order valence-corrected chi connectivity index (χ2v) is 7.12. The Morgan fingerprint density at radius 1 is 0.857 bits per heavy atom. The van der Waals surface area contributed by atoms with Crippen molar-refractivity contribution in [2.24, 2.45) is 0 Å². The first-order valence-corrected chi connectivity index (χ1v) is 11.1. The van der Waals surface area contributed by atoms with Gasteiger partial charge in [-0.15, -0.1) is 13.2 Å². The van der Waals surface area contributed by atoms with Gasteiger partial charge in [-0.25, -0.2) is 4.79 Å². The number of para-hydroxylation sites is 1. The molecule has 1 aromatic heterocycles. The normalized spacial score (nSPS) is 10.9. The highest BCUT2D eigenvalue weighted by molar-refractivity contribution is 6.00. The topological polar surface area (TPSA) is 68.4 Å². The Balaban J connectivity index is 0.00000167. The van der Waals surface area contributed by atoms with Crippen LogP contribution in [0.15, 0.2) is 77.6 Å². The number of H-pyrrole nitrogens is 1. The smallest absolute Gasteiger partial charge is 0.462 e. The number of nitrogens with one attached hydrogen (secondary N) is 1. The highest BCUT2D eigenvalue weighted by Crippen LogP contribution is 2.29. The molecule has 0 aliphatic carbocycles. The van der Waals surface area contributed by atoms with Gasteiger partial charge in [0.1, 0.15) is 11.3 Å². The van der Waals surface area contributed by atoms with Gasteiger partial charge in [-0.05, 0) is 47.9 Å². The van der Waals surface area contributed by atoms with Crippen LogP contribution in [0.1, 0.15) is 31.1 Å². The molecule has 4 aromatic rings. The third kappa shape index (κ3) is 5.90. The lowest BCUT2D eigenvalue weighted by atomic mass is 9.99. The van der Waals surface area contributed by atoms with Crippen molar-refractivity contribution in [3.05, 3.63) is 88.6 Å². The second kappa shape index (κ2) is 10.9. The van der Waals surface area contributed by atoms with Gasteiger partial charge in [-0.3, -0.25) is 4.79 Å². The molecule has 0 aliphatic rings. The van der Waals surface area contributed by atoms with Crippen molar-refractivity contribution < 1.29 is 27.4 Å². The summed E-state index contributed by atoms with van der Waals surface area (Å²) in [6.45, 7) is 5.78. The zero-order valence-corrected chi connectivity index (χ0v) is 19.4. The number of carbonyl (C=O) groups is 1. The molecule has 0 bridgehead atoms. The molecule has 0 radical (unpaired) electrons. The first-order chi connectivity index (χ1) is 16.8. The summed E-state index contributed by atoms with van der Waals surface area (Å²) >= 11 is 0. The number of pyridine rings is 1. The molecule has 1 heterocycles. The van der Waals surface area contributed by atoms with Crippen molar-refractivity contribution in [2.45, 2.75) is 27.1 Å². The lowest BCUT2D eigenvalue weighted by Gasteiger charge is -2.12. The molecule has 5 nitrogen and oxygen atoms in total. The first-order valence-electron chi connectivity index (χ1n) is 11.1. The number of rotatable bonds is 5. The molecule has 35 heavy (non-hydrogen) atoms. The van der Waals surface area contributed by atoms with Crippen LogP contribution in [0.2, 0.25) is 0 Å². The third-order valence-corrected chi connectivity index (χ3v) is 4.98. The minimum absolute atomic E-state index is 0.0862. The van der Waals surface area contributed by atoms with Crippen LogP contribution in [0, 0.1) is 0 Å². The standard InChI is InChI=1S/C25H18F3NO4.C2H6/c1-2-32-24(31)21-22(29-20-6-4-3-5-19(20)23(21)30)17-9-7-15(8-10-17)16-11-13-18(14-12-16)33-25(26,27)28;1-2/h3-14H,2H2,1H3,(H,29,30);1-2H3. The Morgan fingerprint density at radius 3 is 1.97 bits per heavy atom. The molecule has 182 valence electrons. The van der Waals surface area contributed by atoms with E-state index in [0.717, 1.165) is 5.56 Å². The summed E-state index contributed by atoms with van der Waals surface area (Å²) in [5, 5.41) is 0.377. The summed E-state index contributed by atoms with van der Waals surface area (Å²) in [6.07, 6.45) is -4.75. The molecule has 0 amide bonds. The fraction of sp³-hybridized carbons (Fsp3) is 0.185. The van der Waals surface area contributed by atoms with Crippen molar-refractivity contribution >= 4 is 16.9 Å². The summed E-state index contributed by atoms with van der Waals surface area (Å²) in [5.74, 6) is -1.03. The molecule has 0 atom stereocenters. The van der Waals surface area contributed by atoms with Crippen LogP contribution < -0.4 is 10.2 Å². The molecule has 3 aromatic carbocycles. The van der Waals surface area contributed by atoms with E-state index < -0.39 is 17.8 Å².